The zero-order valence-corrected chi connectivity index (χ0v) is 17.3. The standard InChI is InChI=1S/C21H23N3O4S/c1-21(2,15-4-8-18(25)9-5-15)16-6-10-19(11-7-16)28-14-17-12-13-22-20(23-17)24-29(3,26)27/h4-13,25H,14H2,1-3H3,(H,22,23,24). The Bertz CT molecular complexity index is 1080. The van der Waals surface area contributed by atoms with Crippen LogP contribution in [0.25, 0.3) is 0 Å². The molecule has 3 rings (SSSR count). The summed E-state index contributed by atoms with van der Waals surface area (Å²) in [6, 6.07) is 16.6. The van der Waals surface area contributed by atoms with Crippen LogP contribution in [-0.4, -0.2) is 29.7 Å². The van der Waals surface area contributed by atoms with Gasteiger partial charge < -0.3 is 9.84 Å². The number of aromatic hydroxyl groups is 1. The van der Waals surface area contributed by atoms with Crippen LogP contribution in [0.2, 0.25) is 0 Å². The van der Waals surface area contributed by atoms with Crippen molar-refractivity contribution in [3.8, 4) is 11.5 Å². The molecule has 1 heterocycles. The first-order valence-electron chi connectivity index (χ1n) is 8.96. The molecule has 2 aromatic carbocycles. The molecule has 0 amide bonds. The van der Waals surface area contributed by atoms with Gasteiger partial charge >= 0.3 is 0 Å². The molecule has 1 aromatic heterocycles. The van der Waals surface area contributed by atoms with E-state index in [9.17, 15) is 13.5 Å². The lowest BCUT2D eigenvalue weighted by atomic mass is 9.78. The van der Waals surface area contributed by atoms with Crippen molar-refractivity contribution in [1.29, 1.82) is 0 Å². The highest BCUT2D eigenvalue weighted by molar-refractivity contribution is 7.91. The number of anilines is 1. The summed E-state index contributed by atoms with van der Waals surface area (Å²) in [4.78, 5) is 8.01. The van der Waals surface area contributed by atoms with Gasteiger partial charge in [-0.25, -0.2) is 18.4 Å². The maximum Gasteiger partial charge on any atom is 0.236 e. The maximum absolute atomic E-state index is 11.3. The van der Waals surface area contributed by atoms with Crippen molar-refractivity contribution in [3.05, 3.63) is 77.6 Å². The molecule has 0 unspecified atom stereocenters. The van der Waals surface area contributed by atoms with Crippen LogP contribution in [0.4, 0.5) is 5.95 Å². The fraction of sp³-hybridized carbons (Fsp3) is 0.238. The first-order chi connectivity index (χ1) is 13.6. The third-order valence-electron chi connectivity index (χ3n) is 4.54. The highest BCUT2D eigenvalue weighted by Gasteiger charge is 2.23. The van der Waals surface area contributed by atoms with Gasteiger partial charge in [0.25, 0.3) is 0 Å². The van der Waals surface area contributed by atoms with E-state index < -0.39 is 10.0 Å². The summed E-state index contributed by atoms with van der Waals surface area (Å²) < 4.78 is 30.6. The lowest BCUT2D eigenvalue weighted by Crippen LogP contribution is -2.18. The highest BCUT2D eigenvalue weighted by Crippen LogP contribution is 2.33. The van der Waals surface area contributed by atoms with Gasteiger partial charge in [0.05, 0.1) is 11.9 Å². The lowest BCUT2D eigenvalue weighted by molar-refractivity contribution is 0.301. The van der Waals surface area contributed by atoms with Crippen LogP contribution in [0.5, 0.6) is 11.5 Å². The van der Waals surface area contributed by atoms with Gasteiger partial charge in [-0.3, -0.25) is 4.72 Å². The average Bonchev–Trinajstić information content (AvgIpc) is 2.66. The van der Waals surface area contributed by atoms with E-state index in [1.807, 2.05) is 36.4 Å². The number of nitrogens with one attached hydrogen (secondary N) is 1. The number of sulfonamides is 1. The summed E-state index contributed by atoms with van der Waals surface area (Å²) in [5.41, 5.74) is 2.53. The molecule has 0 aliphatic rings. The molecule has 7 nitrogen and oxygen atoms in total. The zero-order valence-electron chi connectivity index (χ0n) is 16.5. The van der Waals surface area contributed by atoms with Crippen molar-refractivity contribution < 1.29 is 18.3 Å². The van der Waals surface area contributed by atoms with E-state index in [1.54, 1.807) is 18.2 Å². The SMILES string of the molecule is CC(C)(c1ccc(O)cc1)c1ccc(OCc2ccnc(NS(C)(=O)=O)n2)cc1. The molecule has 8 heteroatoms. The van der Waals surface area contributed by atoms with E-state index in [0.29, 0.717) is 11.4 Å². The molecule has 0 saturated carbocycles. The number of hydrogen-bond donors (Lipinski definition) is 2. The van der Waals surface area contributed by atoms with Crippen LogP contribution in [0.15, 0.2) is 60.8 Å². The van der Waals surface area contributed by atoms with Crippen LogP contribution in [0.3, 0.4) is 0 Å². The molecule has 0 atom stereocenters. The molecule has 0 aliphatic carbocycles. The van der Waals surface area contributed by atoms with Gasteiger partial charge in [-0.05, 0) is 41.5 Å². The third kappa shape index (κ3) is 5.45. The van der Waals surface area contributed by atoms with E-state index in [-0.39, 0.29) is 23.7 Å². The summed E-state index contributed by atoms with van der Waals surface area (Å²) >= 11 is 0. The largest absolute Gasteiger partial charge is 0.508 e. The highest BCUT2D eigenvalue weighted by atomic mass is 32.2. The van der Waals surface area contributed by atoms with Crippen LogP contribution in [0, 0.1) is 0 Å². The molecule has 29 heavy (non-hydrogen) atoms. The van der Waals surface area contributed by atoms with Gasteiger partial charge in [-0.1, -0.05) is 38.1 Å². The summed E-state index contributed by atoms with van der Waals surface area (Å²) in [6.45, 7) is 4.42. The molecule has 0 aliphatic heterocycles. The van der Waals surface area contributed by atoms with Crippen molar-refractivity contribution in [3.63, 3.8) is 0 Å². The fourth-order valence-electron chi connectivity index (χ4n) is 2.86. The third-order valence-corrected chi connectivity index (χ3v) is 5.10. The predicted molar refractivity (Wildman–Crippen MR) is 112 cm³/mol. The molecule has 3 aromatic rings. The summed E-state index contributed by atoms with van der Waals surface area (Å²) in [5.74, 6) is 0.930. The smallest absolute Gasteiger partial charge is 0.236 e. The Labute approximate surface area is 170 Å². The van der Waals surface area contributed by atoms with Crippen LogP contribution in [0.1, 0.15) is 30.7 Å². The molecule has 2 N–H and O–H groups in total. The maximum atomic E-state index is 11.3. The summed E-state index contributed by atoms with van der Waals surface area (Å²) in [6.07, 6.45) is 2.52. The van der Waals surface area contributed by atoms with Crippen molar-refractivity contribution >= 4 is 16.0 Å². The minimum atomic E-state index is -3.43. The normalized spacial score (nSPS) is 11.8. The second-order valence-electron chi connectivity index (χ2n) is 7.23. The average molecular weight is 413 g/mol. The number of phenolic OH excluding ortho intramolecular Hbond substituents is 1. The predicted octanol–water partition coefficient (Wildman–Crippen LogP) is 3.46. The Balaban J connectivity index is 1.68. The first-order valence-corrected chi connectivity index (χ1v) is 10.9. The fourth-order valence-corrected chi connectivity index (χ4v) is 3.29. The Kier molecular flexibility index (Phi) is 5.74. The molecule has 152 valence electrons. The number of nitrogens with zero attached hydrogens (tertiary/aromatic N) is 2. The van der Waals surface area contributed by atoms with Crippen molar-refractivity contribution in [2.75, 3.05) is 11.0 Å². The molecule has 0 fully saturated rings. The van der Waals surface area contributed by atoms with Crippen molar-refractivity contribution in [2.24, 2.45) is 0 Å². The van der Waals surface area contributed by atoms with Gasteiger partial charge in [0.15, 0.2) is 0 Å². The Hall–Kier alpha value is -3.13. The summed E-state index contributed by atoms with van der Waals surface area (Å²) in [7, 11) is -3.43. The molecule has 0 radical (unpaired) electrons. The molecular weight excluding hydrogens is 390 g/mol. The topological polar surface area (TPSA) is 101 Å². The van der Waals surface area contributed by atoms with Crippen molar-refractivity contribution in [2.45, 2.75) is 25.9 Å². The lowest BCUT2D eigenvalue weighted by Gasteiger charge is -2.26. The van der Waals surface area contributed by atoms with Crippen LogP contribution in [-0.2, 0) is 22.0 Å². The van der Waals surface area contributed by atoms with Gasteiger partial charge in [0.1, 0.15) is 18.1 Å². The van der Waals surface area contributed by atoms with E-state index in [4.69, 9.17) is 4.74 Å². The van der Waals surface area contributed by atoms with Crippen molar-refractivity contribution in [1.82, 2.24) is 9.97 Å². The number of ether oxygens (including phenoxy) is 1. The summed E-state index contributed by atoms with van der Waals surface area (Å²) in [5, 5.41) is 9.50. The van der Waals surface area contributed by atoms with Gasteiger partial charge in [0.2, 0.25) is 16.0 Å². The minimum Gasteiger partial charge on any atom is -0.508 e. The number of hydrogen-bond acceptors (Lipinski definition) is 6. The van der Waals surface area contributed by atoms with E-state index in [1.165, 1.54) is 6.20 Å². The van der Waals surface area contributed by atoms with Gasteiger partial charge in [-0.15, -0.1) is 0 Å². The molecular formula is C21H23N3O4S. The number of aromatic nitrogens is 2. The van der Waals surface area contributed by atoms with Crippen LogP contribution >= 0.6 is 0 Å². The Morgan fingerprint density at radius 3 is 2.17 bits per heavy atom. The number of phenols is 1. The van der Waals surface area contributed by atoms with Gasteiger partial charge in [-0.2, -0.15) is 0 Å². The number of benzene rings is 2. The molecule has 0 bridgehead atoms. The van der Waals surface area contributed by atoms with Gasteiger partial charge in [0, 0.05) is 11.6 Å². The second kappa shape index (κ2) is 8.08. The molecule has 0 spiro atoms. The zero-order chi connectivity index (χ0) is 21.1. The van der Waals surface area contributed by atoms with Crippen LogP contribution < -0.4 is 9.46 Å². The Morgan fingerprint density at radius 2 is 1.59 bits per heavy atom. The number of rotatable bonds is 7. The second-order valence-corrected chi connectivity index (χ2v) is 8.98. The quantitative estimate of drug-likeness (QED) is 0.615. The minimum absolute atomic E-state index is 0.0135. The Morgan fingerprint density at radius 1 is 1.00 bits per heavy atom. The first kappa shape index (κ1) is 20.6. The monoisotopic (exact) mass is 413 g/mol. The van der Waals surface area contributed by atoms with E-state index in [2.05, 4.69) is 28.5 Å². The molecule has 0 saturated heterocycles. The van der Waals surface area contributed by atoms with E-state index in [0.717, 1.165) is 17.4 Å². The van der Waals surface area contributed by atoms with E-state index >= 15 is 0 Å².